The van der Waals surface area contributed by atoms with Gasteiger partial charge < -0.3 is 20.3 Å². The molecule has 0 fully saturated rings. The molecule has 0 spiro atoms. The van der Waals surface area contributed by atoms with Crippen LogP contribution in [0.4, 0.5) is 20.2 Å². The first-order valence-corrected chi connectivity index (χ1v) is 8.37. The maximum Gasteiger partial charge on any atom is 0.251 e. The van der Waals surface area contributed by atoms with Gasteiger partial charge in [0.25, 0.3) is 5.91 Å². The summed E-state index contributed by atoms with van der Waals surface area (Å²) in [6, 6.07) is 6.00. The topological polar surface area (TPSA) is 53.6 Å². The van der Waals surface area contributed by atoms with Crippen molar-refractivity contribution >= 4 is 17.3 Å². The Hall–Kier alpha value is -2.83. The predicted octanol–water partition coefficient (Wildman–Crippen LogP) is 3.29. The first kappa shape index (κ1) is 18.0. The minimum absolute atomic E-state index is 0.0853. The summed E-state index contributed by atoms with van der Waals surface area (Å²) in [5, 5.41) is 6.05. The van der Waals surface area contributed by atoms with Crippen molar-refractivity contribution in [1.29, 1.82) is 0 Å². The summed E-state index contributed by atoms with van der Waals surface area (Å²) in [4.78, 5) is 14.5. The minimum Gasteiger partial charge on any atom is -0.491 e. The van der Waals surface area contributed by atoms with E-state index in [0.717, 1.165) is 41.1 Å². The van der Waals surface area contributed by atoms with E-state index in [1.807, 2.05) is 26.1 Å². The number of fused-ring (bicyclic) bond motifs is 1. The van der Waals surface area contributed by atoms with Gasteiger partial charge in [-0.2, -0.15) is 0 Å². The van der Waals surface area contributed by atoms with Gasteiger partial charge in [-0.25, -0.2) is 8.78 Å². The zero-order valence-electron chi connectivity index (χ0n) is 15.0. The number of rotatable bonds is 5. The van der Waals surface area contributed by atoms with E-state index in [2.05, 4.69) is 20.3 Å². The fourth-order valence-corrected chi connectivity index (χ4v) is 3.22. The highest BCUT2D eigenvalue weighted by Crippen LogP contribution is 2.36. The number of ether oxygens (including phenoxy) is 1. The highest BCUT2D eigenvalue weighted by atomic mass is 19.1. The van der Waals surface area contributed by atoms with E-state index in [0.29, 0.717) is 6.67 Å². The van der Waals surface area contributed by atoms with Crippen LogP contribution in [0, 0.1) is 11.6 Å². The second-order valence-corrected chi connectivity index (χ2v) is 6.14. The van der Waals surface area contributed by atoms with Crippen LogP contribution >= 0.6 is 0 Å². The largest absolute Gasteiger partial charge is 0.491 e. The molecule has 5 nitrogen and oxygen atoms in total. The molecule has 0 atom stereocenters. The van der Waals surface area contributed by atoms with Crippen LogP contribution in [0.1, 0.15) is 28.4 Å². The Labute approximate surface area is 151 Å². The molecule has 1 heterocycles. The van der Waals surface area contributed by atoms with Crippen molar-refractivity contribution in [3.8, 4) is 5.75 Å². The van der Waals surface area contributed by atoms with Gasteiger partial charge in [0.05, 0.1) is 25.2 Å². The van der Waals surface area contributed by atoms with Crippen LogP contribution in [-0.2, 0) is 13.0 Å². The van der Waals surface area contributed by atoms with E-state index in [1.54, 1.807) is 0 Å². The third kappa shape index (κ3) is 3.16. The number of benzene rings is 2. The molecule has 1 amide bonds. The van der Waals surface area contributed by atoms with Gasteiger partial charge in [0, 0.05) is 19.2 Å². The molecule has 26 heavy (non-hydrogen) atoms. The number of aryl methyl sites for hydroxylation is 1. The fraction of sp³-hybridized carbons (Fsp3) is 0.316. The van der Waals surface area contributed by atoms with Crippen LogP contribution in [0.15, 0.2) is 24.3 Å². The summed E-state index contributed by atoms with van der Waals surface area (Å²) in [5.74, 6) is -2.85. The normalized spacial score (nSPS) is 12.6. The molecule has 2 aromatic carbocycles. The van der Waals surface area contributed by atoms with Gasteiger partial charge in [-0.3, -0.25) is 4.79 Å². The van der Waals surface area contributed by atoms with Gasteiger partial charge in [-0.05, 0) is 35.7 Å². The van der Waals surface area contributed by atoms with E-state index in [1.165, 1.54) is 7.11 Å². The molecule has 0 bridgehead atoms. The summed E-state index contributed by atoms with van der Waals surface area (Å²) in [7, 11) is 3.14. The zero-order chi connectivity index (χ0) is 18.8. The highest BCUT2D eigenvalue weighted by Gasteiger charge is 2.22. The lowest BCUT2D eigenvalue weighted by Crippen LogP contribution is -2.25. The smallest absolute Gasteiger partial charge is 0.251 e. The van der Waals surface area contributed by atoms with Crippen LogP contribution in [0.25, 0.3) is 0 Å². The third-order valence-corrected chi connectivity index (χ3v) is 4.54. The Morgan fingerprint density at radius 2 is 2.00 bits per heavy atom. The van der Waals surface area contributed by atoms with Crippen LogP contribution in [0.3, 0.4) is 0 Å². The molecule has 0 saturated heterocycles. The van der Waals surface area contributed by atoms with Crippen molar-refractivity contribution < 1.29 is 18.3 Å². The van der Waals surface area contributed by atoms with Gasteiger partial charge in [0.1, 0.15) is 0 Å². The zero-order valence-corrected chi connectivity index (χ0v) is 15.0. The number of halogens is 2. The Kier molecular flexibility index (Phi) is 4.97. The fourth-order valence-electron chi connectivity index (χ4n) is 3.22. The first-order chi connectivity index (χ1) is 12.5. The van der Waals surface area contributed by atoms with Crippen molar-refractivity contribution in [3.63, 3.8) is 0 Å². The second kappa shape index (κ2) is 7.19. The van der Waals surface area contributed by atoms with Crippen molar-refractivity contribution in [2.75, 3.05) is 31.0 Å². The lowest BCUT2D eigenvalue weighted by molar-refractivity contribution is 0.0950. The number of hydrogen-bond donors (Lipinski definition) is 2. The molecule has 0 saturated carbocycles. The summed E-state index contributed by atoms with van der Waals surface area (Å²) in [6.07, 6.45) is 0.818. The third-order valence-electron chi connectivity index (χ3n) is 4.54. The standard InChI is InChI=1S/C19H21F2N3O2/c1-4-11-5-6-16-17(24(2)10-23-16)13(11)9-22-19(25)12-7-14(20)18(26-3)15(21)8-12/h5-8,23H,4,9-10H2,1-3H3,(H,22,25). The molecule has 0 radical (unpaired) electrons. The van der Waals surface area contributed by atoms with Crippen molar-refractivity contribution in [1.82, 2.24) is 5.32 Å². The number of carbonyl (C=O) groups is 1. The number of amides is 1. The Balaban J connectivity index is 1.84. The molecule has 0 unspecified atom stereocenters. The highest BCUT2D eigenvalue weighted by molar-refractivity contribution is 5.94. The van der Waals surface area contributed by atoms with Gasteiger partial charge in [-0.1, -0.05) is 13.0 Å². The predicted molar refractivity (Wildman–Crippen MR) is 96.8 cm³/mol. The molecule has 1 aliphatic rings. The monoisotopic (exact) mass is 361 g/mol. The summed E-state index contributed by atoms with van der Waals surface area (Å²) in [6.45, 7) is 3.01. The molecule has 1 aliphatic heterocycles. The number of anilines is 2. The lowest BCUT2D eigenvalue weighted by atomic mass is 10.0. The summed E-state index contributed by atoms with van der Waals surface area (Å²) >= 11 is 0. The van der Waals surface area contributed by atoms with Crippen LogP contribution in [0.5, 0.6) is 5.75 Å². The molecule has 7 heteroatoms. The Morgan fingerprint density at radius 1 is 1.31 bits per heavy atom. The van der Waals surface area contributed by atoms with Gasteiger partial charge in [0.2, 0.25) is 0 Å². The van der Waals surface area contributed by atoms with E-state index in [4.69, 9.17) is 0 Å². The second-order valence-electron chi connectivity index (χ2n) is 6.14. The maximum atomic E-state index is 13.8. The van der Waals surface area contributed by atoms with Gasteiger partial charge in [0.15, 0.2) is 17.4 Å². The van der Waals surface area contributed by atoms with E-state index in [9.17, 15) is 13.6 Å². The van der Waals surface area contributed by atoms with E-state index in [-0.39, 0.29) is 12.1 Å². The number of nitrogens with zero attached hydrogens (tertiary/aromatic N) is 1. The molecule has 3 rings (SSSR count). The molecule has 0 aliphatic carbocycles. The molecule has 2 N–H and O–H groups in total. The Morgan fingerprint density at radius 3 is 2.62 bits per heavy atom. The van der Waals surface area contributed by atoms with Gasteiger partial charge in [-0.15, -0.1) is 0 Å². The Bertz CT molecular complexity index is 832. The van der Waals surface area contributed by atoms with Crippen molar-refractivity contribution in [3.05, 3.63) is 52.6 Å². The average molecular weight is 361 g/mol. The number of carbonyl (C=O) groups excluding carboxylic acids is 1. The minimum atomic E-state index is -0.906. The van der Waals surface area contributed by atoms with Crippen LogP contribution in [-0.4, -0.2) is 26.7 Å². The molecule has 0 aromatic heterocycles. The number of methoxy groups -OCH3 is 1. The van der Waals surface area contributed by atoms with Crippen molar-refractivity contribution in [2.45, 2.75) is 19.9 Å². The molecular formula is C19H21F2N3O2. The van der Waals surface area contributed by atoms with E-state index >= 15 is 0 Å². The SMILES string of the molecule is CCc1ccc2c(c1CNC(=O)c1cc(F)c(OC)c(F)c1)N(C)CN2. The maximum absolute atomic E-state index is 13.8. The van der Waals surface area contributed by atoms with Crippen molar-refractivity contribution in [2.24, 2.45) is 0 Å². The quantitative estimate of drug-likeness (QED) is 0.858. The molecular weight excluding hydrogens is 340 g/mol. The molecule has 138 valence electrons. The van der Waals surface area contributed by atoms with Crippen LogP contribution in [0.2, 0.25) is 0 Å². The number of hydrogen-bond acceptors (Lipinski definition) is 4. The van der Waals surface area contributed by atoms with Gasteiger partial charge >= 0.3 is 0 Å². The van der Waals surface area contributed by atoms with Crippen LogP contribution < -0.4 is 20.3 Å². The first-order valence-electron chi connectivity index (χ1n) is 8.37. The average Bonchev–Trinajstić information content (AvgIpc) is 3.00. The van der Waals surface area contributed by atoms with E-state index < -0.39 is 23.3 Å². The summed E-state index contributed by atoms with van der Waals surface area (Å²) < 4.78 is 32.3. The molecule has 2 aromatic rings. The lowest BCUT2D eigenvalue weighted by Gasteiger charge is -2.19. The summed E-state index contributed by atoms with van der Waals surface area (Å²) in [5.41, 5.74) is 4.08. The number of nitrogens with one attached hydrogen (secondary N) is 2.